The smallest absolute Gasteiger partial charge is 0.407 e. The van der Waals surface area contributed by atoms with Crippen LogP contribution in [0.5, 0.6) is 0 Å². The standard InChI is InChI=1S/C17H22N4O3/c22-17(23)20-7-6-14(11-20)19-13-4-5-15-12(9-13)10-18-21(15)16-3-1-2-8-24-16/h4-5,9-10,14,16,19H,1-3,6-8,11H2,(H,22,23)/t14-,16?/m1/s1. The molecule has 128 valence electrons. The number of anilines is 1. The summed E-state index contributed by atoms with van der Waals surface area (Å²) >= 11 is 0. The van der Waals surface area contributed by atoms with Gasteiger partial charge < -0.3 is 20.1 Å². The van der Waals surface area contributed by atoms with Crippen molar-refractivity contribution in [2.45, 2.75) is 38.0 Å². The molecule has 1 aromatic heterocycles. The number of nitrogens with one attached hydrogen (secondary N) is 1. The van der Waals surface area contributed by atoms with E-state index in [1.165, 1.54) is 11.3 Å². The van der Waals surface area contributed by atoms with Gasteiger partial charge in [-0.25, -0.2) is 9.48 Å². The van der Waals surface area contributed by atoms with Crippen LogP contribution >= 0.6 is 0 Å². The number of fused-ring (bicyclic) bond motifs is 1. The first-order valence-corrected chi connectivity index (χ1v) is 8.54. The zero-order chi connectivity index (χ0) is 16.5. The highest BCUT2D eigenvalue weighted by molar-refractivity contribution is 5.82. The van der Waals surface area contributed by atoms with Crippen molar-refractivity contribution in [3.63, 3.8) is 0 Å². The molecule has 0 aliphatic carbocycles. The molecule has 1 amide bonds. The Morgan fingerprint density at radius 1 is 1.33 bits per heavy atom. The van der Waals surface area contributed by atoms with Crippen LogP contribution in [0.25, 0.3) is 10.9 Å². The van der Waals surface area contributed by atoms with Crippen molar-refractivity contribution >= 4 is 22.7 Å². The lowest BCUT2D eigenvalue weighted by Gasteiger charge is -2.23. The summed E-state index contributed by atoms with van der Waals surface area (Å²) in [6, 6.07) is 6.33. The monoisotopic (exact) mass is 330 g/mol. The number of hydrogen-bond donors (Lipinski definition) is 2. The molecule has 3 heterocycles. The Morgan fingerprint density at radius 2 is 2.25 bits per heavy atom. The predicted octanol–water partition coefficient (Wildman–Crippen LogP) is 2.90. The summed E-state index contributed by atoms with van der Waals surface area (Å²) in [5, 5.41) is 18.1. The third-order valence-corrected chi connectivity index (χ3v) is 4.85. The molecule has 7 nitrogen and oxygen atoms in total. The second kappa shape index (κ2) is 6.32. The zero-order valence-corrected chi connectivity index (χ0v) is 13.5. The predicted molar refractivity (Wildman–Crippen MR) is 90.2 cm³/mol. The number of likely N-dealkylation sites (tertiary alicyclic amines) is 1. The lowest BCUT2D eigenvalue weighted by molar-refractivity contribution is -0.0366. The second-order valence-corrected chi connectivity index (χ2v) is 6.54. The number of aromatic nitrogens is 2. The van der Waals surface area contributed by atoms with Gasteiger partial charge in [0.25, 0.3) is 0 Å². The molecule has 4 rings (SSSR count). The van der Waals surface area contributed by atoms with Crippen molar-refractivity contribution in [2.75, 3.05) is 25.0 Å². The van der Waals surface area contributed by atoms with Crippen LogP contribution in [0, 0.1) is 0 Å². The van der Waals surface area contributed by atoms with Crippen LogP contribution in [0.2, 0.25) is 0 Å². The van der Waals surface area contributed by atoms with Crippen LogP contribution in [-0.2, 0) is 4.74 Å². The normalized spacial score (nSPS) is 24.4. The average Bonchev–Trinajstić information content (AvgIpc) is 3.22. The van der Waals surface area contributed by atoms with Gasteiger partial charge in [-0.3, -0.25) is 0 Å². The molecule has 0 bridgehead atoms. The minimum absolute atomic E-state index is 0.0361. The van der Waals surface area contributed by atoms with E-state index < -0.39 is 6.09 Å². The van der Waals surface area contributed by atoms with Gasteiger partial charge in [-0.05, 0) is 43.9 Å². The zero-order valence-electron chi connectivity index (χ0n) is 13.5. The summed E-state index contributed by atoms with van der Waals surface area (Å²) in [7, 11) is 0. The first kappa shape index (κ1) is 15.3. The molecule has 2 atom stereocenters. The van der Waals surface area contributed by atoms with E-state index in [9.17, 15) is 4.79 Å². The molecular formula is C17H22N4O3. The van der Waals surface area contributed by atoms with Gasteiger partial charge in [0, 0.05) is 36.8 Å². The van der Waals surface area contributed by atoms with E-state index >= 15 is 0 Å². The summed E-state index contributed by atoms with van der Waals surface area (Å²) < 4.78 is 7.80. The lowest BCUT2D eigenvalue weighted by Crippen LogP contribution is -2.30. The fourth-order valence-corrected chi connectivity index (χ4v) is 3.58. The van der Waals surface area contributed by atoms with Crippen LogP contribution in [0.4, 0.5) is 10.5 Å². The van der Waals surface area contributed by atoms with Crippen molar-refractivity contribution in [1.82, 2.24) is 14.7 Å². The topological polar surface area (TPSA) is 79.6 Å². The highest BCUT2D eigenvalue weighted by Gasteiger charge is 2.26. The van der Waals surface area contributed by atoms with Gasteiger partial charge >= 0.3 is 6.09 Å². The summed E-state index contributed by atoms with van der Waals surface area (Å²) in [6.45, 7) is 1.92. The maximum atomic E-state index is 11.0. The third-order valence-electron chi connectivity index (χ3n) is 4.85. The highest BCUT2D eigenvalue weighted by atomic mass is 16.5. The number of benzene rings is 1. The van der Waals surface area contributed by atoms with E-state index in [0.717, 1.165) is 42.5 Å². The number of carboxylic acid groups (broad SMARTS) is 1. The van der Waals surface area contributed by atoms with E-state index in [1.54, 1.807) is 0 Å². The van der Waals surface area contributed by atoms with Crippen LogP contribution < -0.4 is 5.32 Å². The summed E-state index contributed by atoms with van der Waals surface area (Å²) in [6.07, 6.45) is 5.20. The van der Waals surface area contributed by atoms with Gasteiger partial charge in [-0.15, -0.1) is 0 Å². The fourth-order valence-electron chi connectivity index (χ4n) is 3.58. The molecule has 2 aliphatic rings. The van der Waals surface area contributed by atoms with Gasteiger partial charge in [0.1, 0.15) is 0 Å². The number of hydrogen-bond acceptors (Lipinski definition) is 4. The molecule has 0 spiro atoms. The molecule has 2 N–H and O–H groups in total. The number of amides is 1. The summed E-state index contributed by atoms with van der Waals surface area (Å²) in [5.74, 6) is 0. The summed E-state index contributed by atoms with van der Waals surface area (Å²) in [5.41, 5.74) is 2.08. The molecule has 0 saturated carbocycles. The maximum absolute atomic E-state index is 11.0. The Labute approximate surface area is 140 Å². The van der Waals surface area contributed by atoms with Gasteiger partial charge in [0.05, 0.1) is 11.7 Å². The van der Waals surface area contributed by atoms with Crippen molar-refractivity contribution in [3.05, 3.63) is 24.4 Å². The summed E-state index contributed by atoms with van der Waals surface area (Å²) in [4.78, 5) is 12.5. The molecule has 2 fully saturated rings. The molecule has 7 heteroatoms. The maximum Gasteiger partial charge on any atom is 0.407 e. The molecule has 24 heavy (non-hydrogen) atoms. The number of carbonyl (C=O) groups is 1. The Balaban J connectivity index is 1.49. The first-order valence-electron chi connectivity index (χ1n) is 8.54. The molecule has 1 unspecified atom stereocenters. The minimum atomic E-state index is -0.844. The van der Waals surface area contributed by atoms with Gasteiger partial charge in [-0.2, -0.15) is 5.10 Å². The van der Waals surface area contributed by atoms with E-state index in [4.69, 9.17) is 9.84 Å². The molecule has 1 aromatic carbocycles. The van der Waals surface area contributed by atoms with E-state index in [1.807, 2.05) is 16.9 Å². The van der Waals surface area contributed by atoms with Crippen molar-refractivity contribution < 1.29 is 14.6 Å². The Morgan fingerprint density at radius 3 is 3.00 bits per heavy atom. The quantitative estimate of drug-likeness (QED) is 0.904. The highest BCUT2D eigenvalue weighted by Crippen LogP contribution is 2.28. The molecule has 2 aliphatic heterocycles. The first-order chi connectivity index (χ1) is 11.7. The Bertz CT molecular complexity index is 739. The van der Waals surface area contributed by atoms with Crippen molar-refractivity contribution in [3.8, 4) is 0 Å². The molecule has 2 saturated heterocycles. The largest absolute Gasteiger partial charge is 0.465 e. The average molecular weight is 330 g/mol. The second-order valence-electron chi connectivity index (χ2n) is 6.54. The fraction of sp³-hybridized carbons (Fsp3) is 0.529. The lowest BCUT2D eigenvalue weighted by atomic mass is 10.1. The Kier molecular flexibility index (Phi) is 4.02. The van der Waals surface area contributed by atoms with E-state index in [0.29, 0.717) is 13.1 Å². The number of rotatable bonds is 3. The van der Waals surface area contributed by atoms with Crippen LogP contribution in [0.1, 0.15) is 31.9 Å². The van der Waals surface area contributed by atoms with Crippen molar-refractivity contribution in [1.29, 1.82) is 0 Å². The van der Waals surface area contributed by atoms with Gasteiger partial charge in [0.15, 0.2) is 6.23 Å². The number of ether oxygens (including phenoxy) is 1. The third kappa shape index (κ3) is 2.91. The molecular weight excluding hydrogens is 308 g/mol. The molecule has 2 aromatic rings. The number of nitrogens with zero attached hydrogens (tertiary/aromatic N) is 3. The van der Waals surface area contributed by atoms with Crippen molar-refractivity contribution in [2.24, 2.45) is 0 Å². The van der Waals surface area contributed by atoms with Crippen LogP contribution in [0.3, 0.4) is 0 Å². The molecule has 0 radical (unpaired) electrons. The van der Waals surface area contributed by atoms with E-state index in [2.05, 4.69) is 22.5 Å². The van der Waals surface area contributed by atoms with Crippen LogP contribution in [-0.4, -0.2) is 51.6 Å². The SMILES string of the molecule is O=C(O)N1CC[C@@H](Nc2ccc3c(cnn3C3CCCCO3)c2)C1. The van der Waals surface area contributed by atoms with Gasteiger partial charge in [-0.1, -0.05) is 0 Å². The van der Waals surface area contributed by atoms with Crippen LogP contribution in [0.15, 0.2) is 24.4 Å². The van der Waals surface area contributed by atoms with E-state index in [-0.39, 0.29) is 12.3 Å². The Hall–Kier alpha value is -2.28. The minimum Gasteiger partial charge on any atom is -0.465 e. The van der Waals surface area contributed by atoms with Gasteiger partial charge in [0.2, 0.25) is 0 Å².